The van der Waals surface area contributed by atoms with Crippen LogP contribution in [0.3, 0.4) is 0 Å². The van der Waals surface area contributed by atoms with Crippen LogP contribution in [0.4, 0.5) is 0 Å². The van der Waals surface area contributed by atoms with E-state index in [1.54, 1.807) is 7.11 Å². The molecular formula is C15H20ClNO. The highest BCUT2D eigenvalue weighted by Crippen LogP contribution is 2.47. The van der Waals surface area contributed by atoms with Crippen molar-refractivity contribution in [2.45, 2.75) is 31.6 Å². The number of rotatable bonds is 2. The minimum atomic E-state index is 0.613. The van der Waals surface area contributed by atoms with E-state index in [0.29, 0.717) is 11.3 Å². The maximum Gasteiger partial charge on any atom is 0.122 e. The maximum absolute atomic E-state index is 6.12. The van der Waals surface area contributed by atoms with Gasteiger partial charge < -0.3 is 10.1 Å². The summed E-state index contributed by atoms with van der Waals surface area (Å²) in [5, 5.41) is 4.23. The summed E-state index contributed by atoms with van der Waals surface area (Å²) in [5.41, 5.74) is 1.91. The fourth-order valence-corrected chi connectivity index (χ4v) is 3.58. The number of ether oxygens (including phenoxy) is 1. The van der Waals surface area contributed by atoms with Crippen molar-refractivity contribution in [1.29, 1.82) is 0 Å². The molecule has 0 bridgehead atoms. The van der Waals surface area contributed by atoms with E-state index in [4.69, 9.17) is 16.3 Å². The summed E-state index contributed by atoms with van der Waals surface area (Å²) < 4.78 is 5.47. The number of hydrogen-bond acceptors (Lipinski definition) is 2. The zero-order valence-corrected chi connectivity index (χ0v) is 11.6. The molecule has 1 spiro atoms. The Morgan fingerprint density at radius 1 is 1.28 bits per heavy atom. The van der Waals surface area contributed by atoms with Crippen LogP contribution in [0, 0.1) is 5.41 Å². The van der Waals surface area contributed by atoms with Crippen LogP contribution in [0.1, 0.15) is 37.2 Å². The maximum atomic E-state index is 6.12. The van der Waals surface area contributed by atoms with E-state index in [9.17, 15) is 0 Å². The normalized spacial score (nSPS) is 22.8. The highest BCUT2D eigenvalue weighted by molar-refractivity contribution is 6.30. The lowest BCUT2D eigenvalue weighted by Gasteiger charge is -2.47. The van der Waals surface area contributed by atoms with Crippen molar-refractivity contribution in [1.82, 2.24) is 5.32 Å². The summed E-state index contributed by atoms with van der Waals surface area (Å²) >= 11 is 6.12. The first kappa shape index (κ1) is 12.3. The quantitative estimate of drug-likeness (QED) is 0.882. The molecule has 0 aromatic heterocycles. The van der Waals surface area contributed by atoms with Crippen LogP contribution in [0.2, 0.25) is 5.02 Å². The third-order valence-corrected chi connectivity index (χ3v) is 4.91. The van der Waals surface area contributed by atoms with Gasteiger partial charge in [-0.2, -0.15) is 0 Å². The second-order valence-electron chi connectivity index (χ2n) is 5.76. The van der Waals surface area contributed by atoms with Crippen molar-refractivity contribution < 1.29 is 4.74 Å². The zero-order valence-electron chi connectivity index (χ0n) is 10.8. The van der Waals surface area contributed by atoms with E-state index in [1.807, 2.05) is 12.1 Å². The van der Waals surface area contributed by atoms with Crippen LogP contribution in [-0.2, 0) is 0 Å². The molecule has 3 rings (SSSR count). The topological polar surface area (TPSA) is 21.3 Å². The molecule has 0 unspecified atom stereocenters. The molecule has 0 radical (unpaired) electrons. The number of methoxy groups -OCH3 is 1. The summed E-state index contributed by atoms with van der Waals surface area (Å²) in [6, 6.07) is 5.99. The van der Waals surface area contributed by atoms with Gasteiger partial charge in [-0.05, 0) is 60.8 Å². The Bertz CT molecular complexity index is 432. The van der Waals surface area contributed by atoms with E-state index >= 15 is 0 Å². The van der Waals surface area contributed by atoms with Gasteiger partial charge in [-0.15, -0.1) is 0 Å². The largest absolute Gasteiger partial charge is 0.496 e. The van der Waals surface area contributed by atoms with Gasteiger partial charge in [-0.3, -0.25) is 0 Å². The lowest BCUT2D eigenvalue weighted by atomic mass is 9.66. The van der Waals surface area contributed by atoms with Gasteiger partial charge in [0.1, 0.15) is 5.75 Å². The summed E-state index contributed by atoms with van der Waals surface area (Å²) in [5.74, 6) is 1.61. The van der Waals surface area contributed by atoms with Crippen LogP contribution < -0.4 is 10.1 Å². The van der Waals surface area contributed by atoms with Gasteiger partial charge in [0.05, 0.1) is 7.11 Å². The van der Waals surface area contributed by atoms with Crippen molar-refractivity contribution >= 4 is 11.6 Å². The molecule has 1 saturated carbocycles. The smallest absolute Gasteiger partial charge is 0.122 e. The molecule has 1 aliphatic heterocycles. The molecule has 3 heteroatoms. The minimum Gasteiger partial charge on any atom is -0.496 e. The monoisotopic (exact) mass is 265 g/mol. The SMILES string of the molecule is COc1ccc(Cl)cc1C1CCC2(CC1)CNC2. The molecule has 1 heterocycles. The van der Waals surface area contributed by atoms with Crippen LogP contribution in [0.15, 0.2) is 18.2 Å². The second-order valence-corrected chi connectivity index (χ2v) is 6.20. The van der Waals surface area contributed by atoms with Crippen LogP contribution in [0.5, 0.6) is 5.75 Å². The molecule has 0 amide bonds. The van der Waals surface area contributed by atoms with E-state index in [0.717, 1.165) is 10.8 Å². The zero-order chi connectivity index (χ0) is 12.6. The summed E-state index contributed by atoms with van der Waals surface area (Å²) in [4.78, 5) is 0. The van der Waals surface area contributed by atoms with Gasteiger partial charge in [-0.1, -0.05) is 11.6 Å². The number of halogens is 1. The Labute approximate surface area is 114 Å². The summed E-state index contributed by atoms with van der Waals surface area (Å²) in [6.45, 7) is 2.43. The number of nitrogens with one attached hydrogen (secondary N) is 1. The number of hydrogen-bond donors (Lipinski definition) is 1. The van der Waals surface area contributed by atoms with Crippen molar-refractivity contribution in [3.8, 4) is 5.75 Å². The van der Waals surface area contributed by atoms with E-state index in [-0.39, 0.29) is 0 Å². The fourth-order valence-electron chi connectivity index (χ4n) is 3.40. The van der Waals surface area contributed by atoms with E-state index < -0.39 is 0 Å². The minimum absolute atomic E-state index is 0.613. The van der Waals surface area contributed by atoms with Gasteiger partial charge in [0.25, 0.3) is 0 Å². The van der Waals surface area contributed by atoms with Crippen LogP contribution in [0.25, 0.3) is 0 Å². The predicted molar refractivity (Wildman–Crippen MR) is 74.5 cm³/mol. The van der Waals surface area contributed by atoms with Crippen molar-refractivity contribution in [3.05, 3.63) is 28.8 Å². The Morgan fingerprint density at radius 3 is 2.56 bits per heavy atom. The lowest BCUT2D eigenvalue weighted by molar-refractivity contribution is 0.0970. The molecule has 18 heavy (non-hydrogen) atoms. The van der Waals surface area contributed by atoms with E-state index in [1.165, 1.54) is 44.3 Å². The van der Waals surface area contributed by atoms with Gasteiger partial charge in [0.2, 0.25) is 0 Å². The number of benzene rings is 1. The Hall–Kier alpha value is -0.730. The summed E-state index contributed by atoms with van der Waals surface area (Å²) in [6.07, 6.45) is 5.19. The molecule has 1 aliphatic carbocycles. The van der Waals surface area contributed by atoms with Gasteiger partial charge >= 0.3 is 0 Å². The lowest BCUT2D eigenvalue weighted by Crippen LogP contribution is -2.54. The Kier molecular flexibility index (Phi) is 3.25. The highest BCUT2D eigenvalue weighted by atomic mass is 35.5. The molecule has 1 saturated heterocycles. The molecule has 98 valence electrons. The van der Waals surface area contributed by atoms with Gasteiger partial charge in [-0.25, -0.2) is 0 Å². The third-order valence-electron chi connectivity index (χ3n) is 4.68. The molecule has 1 aromatic carbocycles. The average Bonchev–Trinajstić information content (AvgIpc) is 2.37. The van der Waals surface area contributed by atoms with Crippen LogP contribution >= 0.6 is 11.6 Å². The highest BCUT2D eigenvalue weighted by Gasteiger charge is 2.40. The molecular weight excluding hydrogens is 246 g/mol. The molecule has 2 nitrogen and oxygen atoms in total. The summed E-state index contributed by atoms with van der Waals surface area (Å²) in [7, 11) is 1.74. The standard InChI is InChI=1S/C15H20ClNO/c1-18-14-3-2-12(16)8-13(14)11-4-6-15(7-5-11)9-17-10-15/h2-3,8,11,17H,4-7,9-10H2,1H3. The average molecular weight is 266 g/mol. The van der Waals surface area contributed by atoms with E-state index in [2.05, 4.69) is 11.4 Å². The Morgan fingerprint density at radius 2 is 2.00 bits per heavy atom. The van der Waals surface area contributed by atoms with Crippen molar-refractivity contribution in [2.24, 2.45) is 5.41 Å². The first-order valence-corrected chi connectivity index (χ1v) is 7.14. The Balaban J connectivity index is 1.77. The van der Waals surface area contributed by atoms with Gasteiger partial charge in [0, 0.05) is 18.1 Å². The van der Waals surface area contributed by atoms with Gasteiger partial charge in [0.15, 0.2) is 0 Å². The van der Waals surface area contributed by atoms with Crippen molar-refractivity contribution in [3.63, 3.8) is 0 Å². The van der Waals surface area contributed by atoms with Crippen LogP contribution in [-0.4, -0.2) is 20.2 Å². The molecule has 1 aromatic rings. The first-order chi connectivity index (χ1) is 8.72. The van der Waals surface area contributed by atoms with Crippen molar-refractivity contribution in [2.75, 3.05) is 20.2 Å². The molecule has 2 fully saturated rings. The molecule has 2 aliphatic rings. The molecule has 0 atom stereocenters. The predicted octanol–water partition coefficient (Wildman–Crippen LogP) is 3.60. The fraction of sp³-hybridized carbons (Fsp3) is 0.600. The second kappa shape index (κ2) is 4.75. The molecule has 1 N–H and O–H groups in total. The third kappa shape index (κ3) is 2.12. The first-order valence-electron chi connectivity index (χ1n) is 6.77.